The summed E-state index contributed by atoms with van der Waals surface area (Å²) in [5.41, 5.74) is 0.944. The molecule has 0 amide bonds. The number of benzene rings is 1. The van der Waals surface area contributed by atoms with Crippen molar-refractivity contribution in [2.75, 3.05) is 26.8 Å². The van der Waals surface area contributed by atoms with E-state index in [1.807, 2.05) is 31.2 Å². The van der Waals surface area contributed by atoms with E-state index in [4.69, 9.17) is 32.5 Å². The van der Waals surface area contributed by atoms with Crippen LogP contribution in [0, 0.1) is 10.2 Å². The first kappa shape index (κ1) is 24.3. The van der Waals surface area contributed by atoms with Crippen LogP contribution >= 0.6 is 11.3 Å². The summed E-state index contributed by atoms with van der Waals surface area (Å²) in [4.78, 5) is 13.8. The number of methoxy groups -OCH3 is 1. The highest BCUT2D eigenvalue weighted by Gasteiger charge is 2.22. The van der Waals surface area contributed by atoms with Gasteiger partial charge in [-0.05, 0) is 48.9 Å². The second-order valence-electron chi connectivity index (χ2n) is 6.36. The first-order valence-electron chi connectivity index (χ1n) is 9.33. The number of esters is 1. The summed E-state index contributed by atoms with van der Waals surface area (Å²) < 4.78 is 52.8. The molecule has 0 unspecified atom stereocenters. The minimum atomic E-state index is -4.94. The molecule has 1 aromatic heterocycles. The molecule has 30 heavy (non-hydrogen) atoms. The summed E-state index contributed by atoms with van der Waals surface area (Å²) in [5, 5.41) is 0. The Morgan fingerprint density at radius 3 is 2.27 bits per heavy atom. The lowest BCUT2D eigenvalue weighted by molar-refractivity contribution is -2.00. The Morgan fingerprint density at radius 1 is 1.13 bits per heavy atom. The number of hydrogen-bond donors (Lipinski definition) is 0. The van der Waals surface area contributed by atoms with Crippen LogP contribution in [0.25, 0.3) is 11.3 Å². The molecule has 2 heterocycles. The molecule has 0 atom stereocenters. The first-order chi connectivity index (χ1) is 14.2. The van der Waals surface area contributed by atoms with Crippen LogP contribution in [0.4, 0.5) is 0 Å². The number of halogens is 1. The van der Waals surface area contributed by atoms with E-state index in [0.29, 0.717) is 6.61 Å². The Bertz CT molecular complexity index is 871. The first-order valence-corrected chi connectivity index (χ1v) is 11.4. The fraction of sp³-hybridized carbons (Fsp3) is 0.474. The quantitative estimate of drug-likeness (QED) is 0.379. The number of rotatable bonds is 5. The van der Waals surface area contributed by atoms with Gasteiger partial charge in [0.2, 0.25) is 0 Å². The molecule has 0 spiro atoms. The zero-order valence-corrected chi connectivity index (χ0v) is 18.3. The zero-order valence-electron chi connectivity index (χ0n) is 16.8. The highest BCUT2D eigenvalue weighted by molar-refractivity contribution is 7.09. The lowest BCUT2D eigenvalue weighted by Gasteiger charge is -2.17. The molecule has 0 bridgehead atoms. The highest BCUT2D eigenvalue weighted by Crippen LogP contribution is 2.28. The Labute approximate surface area is 180 Å². The summed E-state index contributed by atoms with van der Waals surface area (Å²) in [6, 6.07) is 7.71. The van der Waals surface area contributed by atoms with E-state index >= 15 is 0 Å². The van der Waals surface area contributed by atoms with E-state index in [1.165, 1.54) is 19.3 Å². The summed E-state index contributed by atoms with van der Waals surface area (Å²) in [6.07, 6.45) is 3.86. The smallest absolute Gasteiger partial charge is 0.430 e. The average Bonchev–Trinajstić information content (AvgIpc) is 3.11. The molecule has 9 nitrogen and oxygen atoms in total. The van der Waals surface area contributed by atoms with Gasteiger partial charge in [0.05, 0.1) is 25.0 Å². The van der Waals surface area contributed by atoms with Gasteiger partial charge in [0.1, 0.15) is 18.8 Å². The zero-order chi connectivity index (χ0) is 22.1. The lowest BCUT2D eigenvalue weighted by Crippen LogP contribution is -2.68. The monoisotopic (exact) mass is 461 g/mol. The Balaban J connectivity index is 0.000000575. The lowest BCUT2D eigenvalue weighted by atomic mass is 10.1. The number of ether oxygens (including phenoxy) is 2. The van der Waals surface area contributed by atoms with Gasteiger partial charge in [-0.15, -0.1) is 10.2 Å². The van der Waals surface area contributed by atoms with Gasteiger partial charge in [0, 0.05) is 18.4 Å². The fourth-order valence-electron chi connectivity index (χ4n) is 2.94. The largest absolute Gasteiger partial charge is 0.497 e. The second-order valence-corrected chi connectivity index (χ2v) is 8.16. The molecule has 0 N–H and O–H groups in total. The SMILES string of the molecule is CCOC(=O)Cc1sc(=[N+]2CCCCC2)oc1-c1ccc(OC)cc1.[O-][Cl+3]([O-])([O-])[O-]. The average molecular weight is 462 g/mol. The minimum absolute atomic E-state index is 0.223. The van der Waals surface area contributed by atoms with Crippen molar-refractivity contribution in [3.8, 4) is 17.1 Å². The predicted molar refractivity (Wildman–Crippen MR) is 97.8 cm³/mol. The van der Waals surface area contributed by atoms with Crippen molar-refractivity contribution in [3.05, 3.63) is 34.0 Å². The van der Waals surface area contributed by atoms with E-state index in [0.717, 1.165) is 39.9 Å². The number of carbonyl (C=O) groups excluding carboxylic acids is 1. The molecule has 1 fully saturated rings. The van der Waals surface area contributed by atoms with Crippen LogP contribution in [0.15, 0.2) is 28.7 Å². The van der Waals surface area contributed by atoms with E-state index in [9.17, 15) is 4.79 Å². The fourth-order valence-corrected chi connectivity index (χ4v) is 4.03. The number of hydrogen-bond acceptors (Lipinski definition) is 9. The molecule has 166 valence electrons. The van der Waals surface area contributed by atoms with Crippen molar-refractivity contribution < 1.29 is 47.6 Å². The predicted octanol–water partition coefficient (Wildman–Crippen LogP) is -1.68. The van der Waals surface area contributed by atoms with Gasteiger partial charge in [-0.1, -0.05) is 0 Å². The molecule has 0 aliphatic carbocycles. The van der Waals surface area contributed by atoms with Crippen molar-refractivity contribution in [2.45, 2.75) is 32.6 Å². The van der Waals surface area contributed by atoms with Crippen LogP contribution < -0.4 is 32.8 Å². The molecular formula is C19H24ClNO8S. The van der Waals surface area contributed by atoms with E-state index < -0.39 is 10.2 Å². The van der Waals surface area contributed by atoms with Crippen LogP contribution in [0.1, 0.15) is 31.1 Å². The van der Waals surface area contributed by atoms with Gasteiger partial charge in [0.15, 0.2) is 5.76 Å². The molecule has 1 aliphatic rings. The van der Waals surface area contributed by atoms with Crippen LogP contribution in [0.5, 0.6) is 5.75 Å². The Hall–Kier alpha value is -1.95. The molecule has 2 aromatic rings. The molecule has 0 radical (unpaired) electrons. The summed E-state index contributed by atoms with van der Waals surface area (Å²) in [6.45, 7) is 4.22. The Kier molecular flexibility index (Phi) is 9.28. The van der Waals surface area contributed by atoms with Gasteiger partial charge in [-0.3, -0.25) is 4.79 Å². The van der Waals surface area contributed by atoms with Gasteiger partial charge >= 0.3 is 10.8 Å². The summed E-state index contributed by atoms with van der Waals surface area (Å²) in [5.74, 6) is 1.32. The molecule has 1 aliphatic heterocycles. The third-order valence-electron chi connectivity index (χ3n) is 4.23. The standard InChI is InChI=1S/C19H24NO4S.ClHO4/c1-3-23-17(21)13-16-18(14-7-9-15(22-2)10-8-14)24-19(25-16)20-11-5-4-6-12-20;2-1(3,4)5/h7-10H,3-6,11-13H2,1-2H3;(H,2,3,4,5)/q+1;/p-1. The third kappa shape index (κ3) is 8.05. The van der Waals surface area contributed by atoms with Gasteiger partial charge in [-0.25, -0.2) is 18.6 Å². The topological polar surface area (TPSA) is 144 Å². The normalized spacial score (nSPS) is 14.0. The summed E-state index contributed by atoms with van der Waals surface area (Å²) in [7, 11) is -3.30. The van der Waals surface area contributed by atoms with Crippen LogP contribution in [-0.4, -0.2) is 32.8 Å². The third-order valence-corrected chi connectivity index (χ3v) is 5.32. The number of nitrogens with zero attached hydrogens (tertiary/aromatic N) is 1. The Morgan fingerprint density at radius 2 is 1.73 bits per heavy atom. The maximum absolute atomic E-state index is 12.0. The molecule has 0 saturated carbocycles. The van der Waals surface area contributed by atoms with Crippen LogP contribution in [0.3, 0.4) is 0 Å². The van der Waals surface area contributed by atoms with Gasteiger partial charge < -0.3 is 13.9 Å². The highest BCUT2D eigenvalue weighted by atomic mass is 35.7. The summed E-state index contributed by atoms with van der Waals surface area (Å²) >= 11 is 1.55. The van der Waals surface area contributed by atoms with E-state index in [-0.39, 0.29) is 12.4 Å². The van der Waals surface area contributed by atoms with Crippen molar-refractivity contribution >= 4 is 17.3 Å². The molecule has 1 aromatic carbocycles. The van der Waals surface area contributed by atoms with Gasteiger partial charge in [-0.2, -0.15) is 4.58 Å². The van der Waals surface area contributed by atoms with Crippen LogP contribution in [0.2, 0.25) is 0 Å². The second kappa shape index (κ2) is 11.4. The minimum Gasteiger partial charge on any atom is -0.497 e. The van der Waals surface area contributed by atoms with E-state index in [1.54, 1.807) is 18.4 Å². The van der Waals surface area contributed by atoms with Crippen molar-refractivity contribution in [1.82, 2.24) is 4.58 Å². The van der Waals surface area contributed by atoms with Gasteiger partial charge in [0.25, 0.3) is 0 Å². The molecule has 11 heteroatoms. The molecular weight excluding hydrogens is 438 g/mol. The maximum Gasteiger partial charge on any atom is 0.430 e. The molecule has 3 rings (SSSR count). The number of carbonyl (C=O) groups is 1. The van der Waals surface area contributed by atoms with Crippen molar-refractivity contribution in [2.24, 2.45) is 0 Å². The van der Waals surface area contributed by atoms with Crippen LogP contribution in [-0.2, 0) is 16.0 Å². The number of piperidine rings is 1. The van der Waals surface area contributed by atoms with Crippen molar-refractivity contribution in [1.29, 1.82) is 0 Å². The van der Waals surface area contributed by atoms with E-state index in [2.05, 4.69) is 4.58 Å². The molecule has 1 saturated heterocycles. The maximum atomic E-state index is 12.0. The van der Waals surface area contributed by atoms with Crippen molar-refractivity contribution in [3.63, 3.8) is 0 Å².